The van der Waals surface area contributed by atoms with E-state index in [-0.39, 0.29) is 23.1 Å². The van der Waals surface area contributed by atoms with Crippen molar-refractivity contribution in [3.8, 4) is 5.75 Å². The number of carbonyl (C=O) groups excluding carboxylic acids is 4. The Labute approximate surface area is 181 Å². The van der Waals surface area contributed by atoms with Gasteiger partial charge in [-0.15, -0.1) is 0 Å². The van der Waals surface area contributed by atoms with E-state index in [1.807, 2.05) is 0 Å². The summed E-state index contributed by atoms with van der Waals surface area (Å²) < 4.78 is 15.4. The van der Waals surface area contributed by atoms with Gasteiger partial charge in [-0.3, -0.25) is 19.3 Å². The number of amides is 3. The summed E-state index contributed by atoms with van der Waals surface area (Å²) in [6.45, 7) is 1.49. The van der Waals surface area contributed by atoms with Crippen LogP contribution in [0.4, 0.5) is 4.79 Å². The maximum atomic E-state index is 12.6. The Morgan fingerprint density at radius 3 is 2.52 bits per heavy atom. The number of hydrogen-bond donors (Lipinski definition) is 0. The molecule has 9 nitrogen and oxygen atoms in total. The molecule has 3 amide bonds. The van der Waals surface area contributed by atoms with Crippen molar-refractivity contribution >= 4 is 40.9 Å². The fraction of sp³-hybridized carbons (Fsp3) is 0.238. The van der Waals surface area contributed by atoms with Crippen molar-refractivity contribution in [2.45, 2.75) is 0 Å². The standard InChI is InChI=1S/C21H18N2O7S/c24-18(22-7-10-28-11-8-22)13-23-19(25)17(31-21(23)27)12-14-3-5-15(6-4-14)30-20(26)16-2-1-9-29-16/h1-6,9,12H,7-8,10-11,13H2/b17-12-. The van der Waals surface area contributed by atoms with Crippen molar-refractivity contribution in [2.24, 2.45) is 0 Å². The molecule has 2 aliphatic rings. The second kappa shape index (κ2) is 9.19. The van der Waals surface area contributed by atoms with Crippen LogP contribution in [0.2, 0.25) is 0 Å². The Morgan fingerprint density at radius 1 is 1.10 bits per heavy atom. The summed E-state index contributed by atoms with van der Waals surface area (Å²) in [5.41, 5.74) is 0.641. The molecule has 3 heterocycles. The van der Waals surface area contributed by atoms with Crippen molar-refractivity contribution in [1.29, 1.82) is 0 Å². The molecule has 2 fully saturated rings. The van der Waals surface area contributed by atoms with Crippen LogP contribution in [0.25, 0.3) is 6.08 Å². The summed E-state index contributed by atoms with van der Waals surface area (Å²) in [6.07, 6.45) is 2.93. The van der Waals surface area contributed by atoms with Crippen molar-refractivity contribution in [3.05, 3.63) is 58.9 Å². The highest BCUT2D eigenvalue weighted by molar-refractivity contribution is 8.18. The number of imide groups is 1. The molecule has 0 unspecified atom stereocenters. The molecule has 0 saturated carbocycles. The average Bonchev–Trinajstić information content (AvgIpc) is 3.41. The summed E-state index contributed by atoms with van der Waals surface area (Å²) in [5.74, 6) is -1.02. The molecule has 4 rings (SSSR count). The van der Waals surface area contributed by atoms with Gasteiger partial charge in [-0.1, -0.05) is 12.1 Å². The van der Waals surface area contributed by atoms with E-state index in [2.05, 4.69) is 0 Å². The molecule has 0 aliphatic carbocycles. The summed E-state index contributed by atoms with van der Waals surface area (Å²) in [4.78, 5) is 51.9. The van der Waals surface area contributed by atoms with Crippen LogP contribution in [0, 0.1) is 0 Å². The van der Waals surface area contributed by atoms with E-state index in [1.54, 1.807) is 41.3 Å². The summed E-state index contributed by atoms with van der Waals surface area (Å²) in [5, 5.41) is -0.484. The van der Waals surface area contributed by atoms with Crippen LogP contribution >= 0.6 is 11.8 Å². The molecule has 160 valence electrons. The molecule has 2 saturated heterocycles. The average molecular weight is 442 g/mol. The smallest absolute Gasteiger partial charge is 0.379 e. The Hall–Kier alpha value is -3.37. The van der Waals surface area contributed by atoms with Gasteiger partial charge in [0.1, 0.15) is 12.3 Å². The van der Waals surface area contributed by atoms with Gasteiger partial charge in [0.2, 0.25) is 11.7 Å². The van der Waals surface area contributed by atoms with Gasteiger partial charge in [-0.25, -0.2) is 4.79 Å². The highest BCUT2D eigenvalue weighted by Gasteiger charge is 2.37. The number of esters is 1. The number of rotatable bonds is 5. The van der Waals surface area contributed by atoms with Crippen molar-refractivity contribution in [1.82, 2.24) is 9.80 Å². The number of carbonyl (C=O) groups is 4. The minimum Gasteiger partial charge on any atom is -0.457 e. The summed E-state index contributed by atoms with van der Waals surface area (Å²) in [6, 6.07) is 9.52. The molecule has 1 aromatic heterocycles. The zero-order valence-electron chi connectivity index (χ0n) is 16.3. The van der Waals surface area contributed by atoms with Crippen LogP contribution in [0.5, 0.6) is 5.75 Å². The van der Waals surface area contributed by atoms with E-state index < -0.39 is 17.1 Å². The SMILES string of the molecule is O=C(Oc1ccc(/C=C2\SC(=O)N(CC(=O)N3CCOCC3)C2=O)cc1)c1ccco1. The summed E-state index contributed by atoms with van der Waals surface area (Å²) in [7, 11) is 0. The Bertz CT molecular complexity index is 1020. The van der Waals surface area contributed by atoms with Crippen LogP contribution in [0.15, 0.2) is 52.0 Å². The molecule has 0 radical (unpaired) electrons. The maximum Gasteiger partial charge on any atom is 0.379 e. The van der Waals surface area contributed by atoms with E-state index in [9.17, 15) is 19.2 Å². The lowest BCUT2D eigenvalue weighted by atomic mass is 10.2. The summed E-state index contributed by atoms with van der Waals surface area (Å²) >= 11 is 0.784. The first-order valence-corrected chi connectivity index (χ1v) is 10.3. The van der Waals surface area contributed by atoms with Crippen molar-refractivity contribution in [2.75, 3.05) is 32.8 Å². The monoisotopic (exact) mass is 442 g/mol. The fourth-order valence-corrected chi connectivity index (χ4v) is 3.86. The molecule has 1 aromatic carbocycles. The van der Waals surface area contributed by atoms with Crippen molar-refractivity contribution < 1.29 is 33.1 Å². The Balaban J connectivity index is 1.39. The molecule has 0 spiro atoms. The second-order valence-electron chi connectivity index (χ2n) is 6.70. The van der Waals surface area contributed by atoms with Gasteiger partial charge in [0.25, 0.3) is 11.1 Å². The number of benzene rings is 1. The first-order chi connectivity index (χ1) is 15.0. The third-order valence-corrected chi connectivity index (χ3v) is 5.55. The fourth-order valence-electron chi connectivity index (χ4n) is 3.02. The predicted octanol–water partition coefficient (Wildman–Crippen LogP) is 2.39. The van der Waals surface area contributed by atoms with Gasteiger partial charge in [-0.2, -0.15) is 0 Å². The number of furan rings is 1. The second-order valence-corrected chi connectivity index (χ2v) is 7.69. The molecular weight excluding hydrogens is 424 g/mol. The quantitative estimate of drug-likeness (QED) is 0.395. The highest BCUT2D eigenvalue weighted by atomic mass is 32.2. The van der Waals surface area contributed by atoms with Crippen LogP contribution in [0.3, 0.4) is 0 Å². The van der Waals surface area contributed by atoms with Gasteiger partial charge in [0, 0.05) is 13.1 Å². The minimum absolute atomic E-state index is 0.0874. The van der Waals surface area contributed by atoms with E-state index in [1.165, 1.54) is 12.3 Å². The number of nitrogens with zero attached hydrogens (tertiary/aromatic N) is 2. The number of thioether (sulfide) groups is 1. The lowest BCUT2D eigenvalue weighted by Crippen LogP contribution is -2.46. The third-order valence-electron chi connectivity index (χ3n) is 4.64. The minimum atomic E-state index is -0.621. The lowest BCUT2D eigenvalue weighted by molar-refractivity contribution is -0.139. The Morgan fingerprint density at radius 2 is 1.84 bits per heavy atom. The van der Waals surface area contributed by atoms with Crippen LogP contribution in [-0.4, -0.2) is 65.7 Å². The molecule has 0 atom stereocenters. The molecule has 2 aliphatic heterocycles. The first kappa shape index (κ1) is 20.9. The van der Waals surface area contributed by atoms with Crippen molar-refractivity contribution in [3.63, 3.8) is 0 Å². The maximum absolute atomic E-state index is 12.6. The zero-order valence-corrected chi connectivity index (χ0v) is 17.1. The van der Waals surface area contributed by atoms with E-state index in [0.717, 1.165) is 16.7 Å². The zero-order chi connectivity index (χ0) is 21.8. The van der Waals surface area contributed by atoms with Gasteiger partial charge in [0.15, 0.2) is 0 Å². The molecule has 31 heavy (non-hydrogen) atoms. The largest absolute Gasteiger partial charge is 0.457 e. The highest BCUT2D eigenvalue weighted by Crippen LogP contribution is 2.32. The lowest BCUT2D eigenvalue weighted by Gasteiger charge is -2.28. The number of morpholine rings is 1. The van der Waals surface area contributed by atoms with Gasteiger partial charge in [-0.05, 0) is 47.7 Å². The molecule has 0 bridgehead atoms. The third kappa shape index (κ3) is 4.86. The van der Waals surface area contributed by atoms with E-state index in [4.69, 9.17) is 13.9 Å². The number of ether oxygens (including phenoxy) is 2. The normalized spacial score (nSPS) is 18.0. The van der Waals surface area contributed by atoms with Gasteiger partial charge in [0.05, 0.1) is 24.4 Å². The molecular formula is C21H18N2O7S. The van der Waals surface area contributed by atoms with Crippen LogP contribution in [0.1, 0.15) is 16.1 Å². The van der Waals surface area contributed by atoms with E-state index >= 15 is 0 Å². The molecule has 10 heteroatoms. The van der Waals surface area contributed by atoms with Gasteiger partial charge < -0.3 is 18.8 Å². The van der Waals surface area contributed by atoms with Gasteiger partial charge >= 0.3 is 5.97 Å². The molecule has 2 aromatic rings. The topological polar surface area (TPSA) is 106 Å². The van der Waals surface area contributed by atoms with Crippen LogP contribution in [-0.2, 0) is 14.3 Å². The first-order valence-electron chi connectivity index (χ1n) is 9.48. The molecule has 0 N–H and O–H groups in total. The van der Waals surface area contributed by atoms with E-state index in [0.29, 0.717) is 37.6 Å². The van der Waals surface area contributed by atoms with Crippen LogP contribution < -0.4 is 4.74 Å². The predicted molar refractivity (Wildman–Crippen MR) is 110 cm³/mol. The number of hydrogen-bond acceptors (Lipinski definition) is 8. The Kier molecular flexibility index (Phi) is 6.19.